The minimum Gasteiger partial charge on any atom is -0.349 e. The zero-order valence-electron chi connectivity index (χ0n) is 18.5. The normalized spacial score (nSPS) is 18.5. The quantitative estimate of drug-likeness (QED) is 0.466. The highest BCUT2D eigenvalue weighted by molar-refractivity contribution is 5.64. The largest absolute Gasteiger partial charge is 0.349 e. The molecule has 2 aromatic carbocycles. The molecule has 1 aliphatic rings. The number of nitrogens with zero attached hydrogens (tertiary/aromatic N) is 2. The number of benzene rings is 2. The first-order valence-corrected chi connectivity index (χ1v) is 10.9. The lowest BCUT2D eigenvalue weighted by Crippen LogP contribution is -2.37. The molecular formula is C26H34N2O2. The van der Waals surface area contributed by atoms with Crippen LogP contribution in [0.2, 0.25) is 0 Å². The van der Waals surface area contributed by atoms with Crippen LogP contribution in [0.5, 0.6) is 0 Å². The Bertz CT molecular complexity index is 776. The lowest BCUT2D eigenvalue weighted by atomic mass is 10.0. The topological polar surface area (TPSA) is 24.9 Å². The van der Waals surface area contributed by atoms with Gasteiger partial charge >= 0.3 is 0 Å². The zero-order valence-corrected chi connectivity index (χ0v) is 18.5. The summed E-state index contributed by atoms with van der Waals surface area (Å²) in [7, 11) is 1.72. The van der Waals surface area contributed by atoms with Crippen molar-refractivity contribution < 1.29 is 9.47 Å². The van der Waals surface area contributed by atoms with Crippen molar-refractivity contribution in [2.45, 2.75) is 26.1 Å². The van der Waals surface area contributed by atoms with Gasteiger partial charge in [0.25, 0.3) is 0 Å². The Morgan fingerprint density at radius 2 is 1.50 bits per heavy atom. The average Bonchev–Trinajstić information content (AvgIpc) is 2.82. The number of para-hydroxylation sites is 2. The predicted octanol–water partition coefficient (Wildman–Crippen LogP) is 5.41. The molecule has 0 aliphatic heterocycles. The molecule has 0 heterocycles. The van der Waals surface area contributed by atoms with Crippen LogP contribution < -0.4 is 4.90 Å². The Kier molecular flexibility index (Phi) is 8.26. The minimum atomic E-state index is -0.666. The van der Waals surface area contributed by atoms with Crippen LogP contribution in [0.3, 0.4) is 0 Å². The molecule has 0 bridgehead atoms. The molecular weight excluding hydrogens is 372 g/mol. The average molecular weight is 407 g/mol. The summed E-state index contributed by atoms with van der Waals surface area (Å²) in [6.07, 6.45) is 7.16. The van der Waals surface area contributed by atoms with Crippen LogP contribution in [0.25, 0.3) is 0 Å². The monoisotopic (exact) mass is 406 g/mol. The molecule has 4 nitrogen and oxygen atoms in total. The van der Waals surface area contributed by atoms with E-state index in [2.05, 4.69) is 103 Å². The van der Waals surface area contributed by atoms with E-state index in [9.17, 15) is 0 Å². The van der Waals surface area contributed by atoms with Gasteiger partial charge in [-0.25, -0.2) is 0 Å². The van der Waals surface area contributed by atoms with Crippen LogP contribution in [-0.2, 0) is 9.47 Å². The van der Waals surface area contributed by atoms with Crippen molar-refractivity contribution in [1.29, 1.82) is 0 Å². The summed E-state index contributed by atoms with van der Waals surface area (Å²) in [6, 6.07) is 21.0. The molecule has 0 amide bonds. The number of ether oxygens (including phenoxy) is 2. The maximum absolute atomic E-state index is 6.17. The lowest BCUT2D eigenvalue weighted by Gasteiger charge is -2.33. The molecule has 30 heavy (non-hydrogen) atoms. The van der Waals surface area contributed by atoms with E-state index in [-0.39, 0.29) is 0 Å². The van der Waals surface area contributed by atoms with E-state index in [0.717, 1.165) is 26.2 Å². The van der Waals surface area contributed by atoms with E-state index in [4.69, 9.17) is 9.47 Å². The molecule has 1 atom stereocenters. The minimum absolute atomic E-state index is 0.656. The smallest absolute Gasteiger partial charge is 0.191 e. The Balaban J connectivity index is 1.68. The second-order valence-electron chi connectivity index (χ2n) is 7.47. The highest BCUT2D eigenvalue weighted by Crippen LogP contribution is 2.30. The van der Waals surface area contributed by atoms with Gasteiger partial charge in [0.1, 0.15) is 0 Å². The molecule has 0 aromatic heterocycles. The fourth-order valence-electron chi connectivity index (χ4n) is 3.70. The Hall–Kier alpha value is -2.40. The number of rotatable bonds is 11. The lowest BCUT2D eigenvalue weighted by molar-refractivity contribution is -0.188. The van der Waals surface area contributed by atoms with Crippen molar-refractivity contribution in [1.82, 2.24) is 4.90 Å². The van der Waals surface area contributed by atoms with Crippen LogP contribution >= 0.6 is 0 Å². The Morgan fingerprint density at radius 1 is 0.900 bits per heavy atom. The molecule has 0 N–H and O–H groups in total. The van der Waals surface area contributed by atoms with Gasteiger partial charge in [-0.2, -0.15) is 0 Å². The van der Waals surface area contributed by atoms with Gasteiger partial charge in [-0.05, 0) is 49.0 Å². The summed E-state index contributed by atoms with van der Waals surface area (Å²) in [5, 5.41) is 0. The second kappa shape index (κ2) is 11.1. The predicted molar refractivity (Wildman–Crippen MR) is 125 cm³/mol. The number of methoxy groups -OCH3 is 1. The summed E-state index contributed by atoms with van der Waals surface area (Å²) in [4.78, 5) is 4.69. The van der Waals surface area contributed by atoms with Gasteiger partial charge in [-0.3, -0.25) is 0 Å². The molecule has 1 aliphatic carbocycles. The van der Waals surface area contributed by atoms with Gasteiger partial charge in [0.05, 0.1) is 6.61 Å². The molecule has 0 saturated heterocycles. The molecule has 0 saturated carbocycles. The molecule has 4 heteroatoms. The highest BCUT2D eigenvalue weighted by Gasteiger charge is 2.29. The summed E-state index contributed by atoms with van der Waals surface area (Å²) in [5.74, 6) is -0.666. The molecule has 0 spiro atoms. The maximum Gasteiger partial charge on any atom is 0.191 e. The van der Waals surface area contributed by atoms with Crippen molar-refractivity contribution in [2.24, 2.45) is 0 Å². The zero-order chi connectivity index (χ0) is 21.2. The van der Waals surface area contributed by atoms with Crippen molar-refractivity contribution in [3.63, 3.8) is 0 Å². The first kappa shape index (κ1) is 22.3. The van der Waals surface area contributed by atoms with Crippen molar-refractivity contribution in [2.75, 3.05) is 44.8 Å². The van der Waals surface area contributed by atoms with Crippen LogP contribution in [0.15, 0.2) is 84.5 Å². The summed E-state index contributed by atoms with van der Waals surface area (Å²) in [6.45, 7) is 8.79. The third-order valence-corrected chi connectivity index (χ3v) is 5.67. The first-order valence-electron chi connectivity index (χ1n) is 10.9. The Morgan fingerprint density at radius 3 is 1.97 bits per heavy atom. The van der Waals surface area contributed by atoms with Crippen molar-refractivity contribution in [3.8, 4) is 0 Å². The van der Waals surface area contributed by atoms with Gasteiger partial charge in [-0.15, -0.1) is 0 Å². The fraction of sp³-hybridized carbons (Fsp3) is 0.385. The van der Waals surface area contributed by atoms with Crippen LogP contribution in [-0.4, -0.2) is 50.6 Å². The third-order valence-electron chi connectivity index (χ3n) is 5.67. The van der Waals surface area contributed by atoms with Gasteiger partial charge in [-0.1, -0.05) is 62.4 Å². The first-order chi connectivity index (χ1) is 14.7. The second-order valence-corrected chi connectivity index (χ2v) is 7.47. The van der Waals surface area contributed by atoms with Gasteiger partial charge in [0, 0.05) is 38.0 Å². The Labute approximate surface area is 181 Å². The van der Waals surface area contributed by atoms with Crippen molar-refractivity contribution >= 4 is 11.4 Å². The SMILES string of the molecule is CCN(CC)CCOC1(OC)C=CC(CN(c2ccccc2)c2ccccc2)=CC1. The summed E-state index contributed by atoms with van der Waals surface area (Å²) in [5.41, 5.74) is 3.61. The van der Waals surface area contributed by atoms with Gasteiger partial charge < -0.3 is 19.3 Å². The van der Waals surface area contributed by atoms with E-state index in [1.54, 1.807) is 7.11 Å². The summed E-state index contributed by atoms with van der Waals surface area (Å²) >= 11 is 0. The molecule has 3 rings (SSSR count). The van der Waals surface area contributed by atoms with Crippen LogP contribution in [0.4, 0.5) is 11.4 Å². The molecule has 160 valence electrons. The van der Waals surface area contributed by atoms with Gasteiger partial charge in [0.2, 0.25) is 0 Å². The van der Waals surface area contributed by atoms with Crippen molar-refractivity contribution in [3.05, 3.63) is 84.5 Å². The van der Waals surface area contributed by atoms with Gasteiger partial charge in [0.15, 0.2) is 5.79 Å². The van der Waals surface area contributed by atoms with Crippen LogP contribution in [0, 0.1) is 0 Å². The standard InChI is InChI=1S/C26H34N2O2/c1-4-27(5-2)20-21-30-26(29-3)18-16-23(17-19-26)22-28(24-12-8-6-9-13-24)25-14-10-7-11-15-25/h6-18H,4-5,19-22H2,1-3H3. The van der Waals surface area contributed by atoms with E-state index in [0.29, 0.717) is 13.0 Å². The van der Waals surface area contributed by atoms with E-state index < -0.39 is 5.79 Å². The third kappa shape index (κ3) is 5.82. The van der Waals surface area contributed by atoms with E-state index >= 15 is 0 Å². The van der Waals surface area contributed by atoms with E-state index in [1.807, 2.05) is 0 Å². The van der Waals surface area contributed by atoms with Crippen LogP contribution in [0.1, 0.15) is 20.3 Å². The highest BCUT2D eigenvalue weighted by atomic mass is 16.7. The van der Waals surface area contributed by atoms with E-state index in [1.165, 1.54) is 16.9 Å². The number of anilines is 2. The molecule has 1 unspecified atom stereocenters. The number of hydrogen-bond donors (Lipinski definition) is 0. The number of hydrogen-bond acceptors (Lipinski definition) is 4. The molecule has 2 aromatic rings. The fourth-order valence-corrected chi connectivity index (χ4v) is 3.70. The number of likely N-dealkylation sites (N-methyl/N-ethyl adjacent to an activating group) is 1. The molecule has 0 radical (unpaired) electrons. The molecule has 0 fully saturated rings. The summed E-state index contributed by atoms with van der Waals surface area (Å²) < 4.78 is 11.9. The maximum atomic E-state index is 6.17.